The summed E-state index contributed by atoms with van der Waals surface area (Å²) in [6.45, 7) is 10.8. The van der Waals surface area contributed by atoms with Crippen LogP contribution in [0.4, 0.5) is 0 Å². The van der Waals surface area contributed by atoms with E-state index in [0.717, 1.165) is 11.1 Å². The Bertz CT molecular complexity index is 996. The molecule has 7 heteroatoms. The number of aryl methyl sites for hydroxylation is 6. The summed E-state index contributed by atoms with van der Waals surface area (Å²) < 4.78 is 24.1. The Morgan fingerprint density at radius 2 is 1.09 bits per heavy atom. The fourth-order valence-electron chi connectivity index (χ4n) is 4.10. The van der Waals surface area contributed by atoms with E-state index in [-0.39, 0.29) is 24.3 Å². The van der Waals surface area contributed by atoms with Gasteiger partial charge < -0.3 is 14.0 Å². The molecule has 32 heavy (non-hydrogen) atoms. The van der Waals surface area contributed by atoms with Crippen molar-refractivity contribution in [1.29, 1.82) is 0 Å². The predicted octanol–water partition coefficient (Wildman–Crippen LogP) is 5.07. The molecule has 2 aromatic rings. The van der Waals surface area contributed by atoms with Crippen LogP contribution in [0.3, 0.4) is 0 Å². The molecule has 0 bridgehead atoms. The molecule has 0 N–H and O–H groups in total. The van der Waals surface area contributed by atoms with Crippen LogP contribution < -0.4 is 0 Å². The third-order valence-corrected chi connectivity index (χ3v) is 7.80. The van der Waals surface area contributed by atoms with Crippen LogP contribution >= 0.6 is 7.14 Å². The molecule has 0 saturated heterocycles. The van der Waals surface area contributed by atoms with Gasteiger partial charge in [0.25, 0.3) is 0 Å². The van der Waals surface area contributed by atoms with Crippen LogP contribution in [-0.2, 0) is 18.8 Å². The van der Waals surface area contributed by atoms with Crippen molar-refractivity contribution in [1.82, 2.24) is 0 Å². The van der Waals surface area contributed by atoms with Gasteiger partial charge in [0.05, 0.1) is 6.61 Å². The van der Waals surface area contributed by atoms with Gasteiger partial charge in [-0.15, -0.1) is 0 Å². The average Bonchev–Trinajstić information content (AvgIpc) is 2.66. The third-order valence-electron chi connectivity index (χ3n) is 5.34. The monoisotopic (exact) mass is 458 g/mol. The van der Waals surface area contributed by atoms with Gasteiger partial charge >= 0.3 is 5.97 Å². The van der Waals surface area contributed by atoms with Gasteiger partial charge in [0.1, 0.15) is 12.8 Å². The Morgan fingerprint density at radius 1 is 0.719 bits per heavy atom. The third kappa shape index (κ3) is 5.43. The van der Waals surface area contributed by atoms with Crippen molar-refractivity contribution in [3.63, 3.8) is 0 Å². The molecular weight excluding hydrogens is 427 g/mol. The summed E-state index contributed by atoms with van der Waals surface area (Å²) in [6.07, 6.45) is -0.784. The topological polar surface area (TPSA) is 86.7 Å². The number of carbonyl (C=O) groups excluding carboxylic acids is 3. The van der Waals surface area contributed by atoms with Gasteiger partial charge in [-0.3, -0.25) is 14.4 Å². The first-order chi connectivity index (χ1) is 14.9. The molecule has 0 atom stereocenters. The van der Waals surface area contributed by atoms with Gasteiger partial charge in [-0.25, -0.2) is 0 Å². The Balaban J connectivity index is 2.63. The second-order valence-corrected chi connectivity index (χ2v) is 10.9. The van der Waals surface area contributed by atoms with E-state index >= 15 is 0 Å². The first kappa shape index (κ1) is 25.7. The van der Waals surface area contributed by atoms with Gasteiger partial charge in [0.2, 0.25) is 18.2 Å². The fraction of sp³-hybridized carbons (Fsp3) is 0.400. The van der Waals surface area contributed by atoms with Crippen molar-refractivity contribution < 1.29 is 28.4 Å². The second-order valence-electron chi connectivity index (χ2n) is 8.27. The lowest BCUT2D eigenvalue weighted by molar-refractivity contribution is -0.141. The Labute approximate surface area is 189 Å². The van der Waals surface area contributed by atoms with E-state index in [0.29, 0.717) is 22.3 Å². The molecule has 0 aliphatic carbocycles. The maximum atomic E-state index is 14.2. The van der Waals surface area contributed by atoms with Crippen LogP contribution in [0.5, 0.6) is 0 Å². The van der Waals surface area contributed by atoms with Crippen LogP contribution in [0, 0.1) is 41.5 Å². The molecular formula is C25H31O6P. The zero-order valence-electron chi connectivity index (χ0n) is 19.8. The lowest BCUT2D eigenvalue weighted by Crippen LogP contribution is -2.23. The number of ether oxygens (including phenoxy) is 2. The number of carbonyl (C=O) groups is 3. The molecule has 0 amide bonds. The zero-order chi connectivity index (χ0) is 24.2. The van der Waals surface area contributed by atoms with Gasteiger partial charge in [0, 0.05) is 18.2 Å². The minimum atomic E-state index is -4.38. The van der Waals surface area contributed by atoms with Gasteiger partial charge in [-0.2, -0.15) is 0 Å². The zero-order valence-corrected chi connectivity index (χ0v) is 20.7. The highest BCUT2D eigenvalue weighted by Gasteiger charge is 2.45. The number of esters is 1. The summed E-state index contributed by atoms with van der Waals surface area (Å²) in [7, 11) is -2.93. The van der Waals surface area contributed by atoms with Crippen molar-refractivity contribution >= 4 is 24.2 Å². The summed E-state index contributed by atoms with van der Waals surface area (Å²) in [5.41, 5.74) is 3.19. The molecule has 0 aliphatic heterocycles. The molecule has 0 spiro atoms. The molecule has 6 nitrogen and oxygen atoms in total. The molecule has 0 saturated carbocycles. The summed E-state index contributed by atoms with van der Waals surface area (Å²) in [4.78, 5) is 39.8. The molecule has 0 aliphatic rings. The van der Waals surface area contributed by atoms with Crippen molar-refractivity contribution in [2.75, 3.05) is 26.5 Å². The van der Waals surface area contributed by atoms with Crippen LogP contribution in [0.2, 0.25) is 0 Å². The largest absolute Gasteiger partial charge is 0.463 e. The number of benzene rings is 2. The van der Waals surface area contributed by atoms with E-state index in [1.165, 1.54) is 7.11 Å². The number of rotatable bonds is 9. The summed E-state index contributed by atoms with van der Waals surface area (Å²) in [5.74, 6) is -0.864. The minimum Gasteiger partial charge on any atom is -0.463 e. The quantitative estimate of drug-likeness (QED) is 0.296. The van der Waals surface area contributed by atoms with Crippen molar-refractivity contribution in [3.05, 3.63) is 68.8 Å². The molecule has 0 unspecified atom stereocenters. The smallest absolute Gasteiger partial charge is 0.314 e. The first-order valence-corrected chi connectivity index (χ1v) is 12.3. The highest BCUT2D eigenvalue weighted by atomic mass is 31.2. The molecule has 0 fully saturated rings. The maximum absolute atomic E-state index is 14.2. The van der Waals surface area contributed by atoms with Crippen LogP contribution in [0.15, 0.2) is 24.3 Å². The Kier molecular flexibility index (Phi) is 8.33. The van der Waals surface area contributed by atoms with Crippen LogP contribution in [0.1, 0.15) is 54.1 Å². The maximum Gasteiger partial charge on any atom is 0.314 e. The predicted molar refractivity (Wildman–Crippen MR) is 125 cm³/mol. The van der Waals surface area contributed by atoms with E-state index in [2.05, 4.69) is 0 Å². The van der Waals surface area contributed by atoms with Crippen molar-refractivity contribution in [3.8, 4) is 0 Å². The van der Waals surface area contributed by atoms with Gasteiger partial charge in [-0.1, -0.05) is 35.4 Å². The number of methoxy groups -OCH3 is 1. The summed E-state index contributed by atoms with van der Waals surface area (Å²) in [5, 5.41) is 0. The highest BCUT2D eigenvalue weighted by molar-refractivity contribution is 7.96. The van der Waals surface area contributed by atoms with Gasteiger partial charge in [0.15, 0.2) is 0 Å². The number of hydrogen-bond acceptors (Lipinski definition) is 6. The van der Waals surface area contributed by atoms with E-state index in [9.17, 15) is 18.9 Å². The van der Waals surface area contributed by atoms with Crippen LogP contribution in [0.25, 0.3) is 0 Å². The Hall–Kier alpha value is -2.56. The minimum absolute atomic E-state index is 0.0527. The number of hydrogen-bond donors (Lipinski definition) is 0. The van der Waals surface area contributed by atoms with E-state index in [4.69, 9.17) is 9.47 Å². The molecule has 2 rings (SSSR count). The summed E-state index contributed by atoms with van der Waals surface area (Å²) >= 11 is 0. The van der Waals surface area contributed by atoms with E-state index in [1.54, 1.807) is 52.0 Å². The molecule has 2 aromatic carbocycles. The van der Waals surface area contributed by atoms with Crippen molar-refractivity contribution in [2.45, 2.75) is 41.5 Å². The van der Waals surface area contributed by atoms with Crippen LogP contribution in [-0.4, -0.2) is 43.5 Å². The van der Waals surface area contributed by atoms with Crippen molar-refractivity contribution in [2.24, 2.45) is 0 Å². The normalized spacial score (nSPS) is 11.3. The molecule has 172 valence electrons. The average molecular weight is 458 g/mol. The van der Waals surface area contributed by atoms with Gasteiger partial charge in [-0.05, 0) is 63.8 Å². The van der Waals surface area contributed by atoms with E-state index in [1.807, 2.05) is 13.8 Å². The summed E-state index contributed by atoms with van der Waals surface area (Å²) in [6, 6.07) is 7.20. The SMILES string of the molecule is COCCOC(=O)CP(=O)(C(=O)c1c(C)cc(C)cc1C)C(=O)c1c(C)cc(C)cc1C. The highest BCUT2D eigenvalue weighted by Crippen LogP contribution is 2.53. The Morgan fingerprint density at radius 3 is 1.44 bits per heavy atom. The second kappa shape index (κ2) is 10.4. The lowest BCUT2D eigenvalue weighted by Gasteiger charge is -2.20. The standard InChI is InChI=1S/C25H31O6P/c1-15-10-17(3)22(18(4)11-15)24(27)32(29,14-21(26)31-9-8-30-7)25(28)23-19(5)12-16(2)13-20(23)6/h10-13H,8-9,14H2,1-7H3. The fourth-order valence-corrected chi connectivity index (χ4v) is 6.45. The molecule has 0 radical (unpaired) electrons. The first-order valence-electron chi connectivity index (χ1n) is 10.4. The molecule has 0 aromatic heterocycles. The molecule has 0 heterocycles. The van der Waals surface area contributed by atoms with E-state index < -0.39 is 30.3 Å². The lowest BCUT2D eigenvalue weighted by atomic mass is 10.0.